The highest BCUT2D eigenvalue weighted by Gasteiger charge is 2.69. The predicted octanol–water partition coefficient (Wildman–Crippen LogP) is 8.31. The van der Waals surface area contributed by atoms with Gasteiger partial charge in [-0.05, 0) is 76.7 Å². The van der Waals surface area contributed by atoms with Gasteiger partial charge in [0.2, 0.25) is 17.6 Å². The number of ketones is 1. The van der Waals surface area contributed by atoms with Crippen molar-refractivity contribution in [2.45, 2.75) is 144 Å². The van der Waals surface area contributed by atoms with Gasteiger partial charge in [-0.25, -0.2) is 19.1 Å². The summed E-state index contributed by atoms with van der Waals surface area (Å²) in [7, 11) is 4.13. The minimum atomic E-state index is -1.65. The Morgan fingerprint density at radius 3 is 2.45 bits per heavy atom. The summed E-state index contributed by atoms with van der Waals surface area (Å²) in [5, 5.41) is 8.28. The number of benzene rings is 1. The molecule has 84 heavy (non-hydrogen) atoms. The van der Waals surface area contributed by atoms with Crippen molar-refractivity contribution in [2.24, 2.45) is 46.2 Å². The summed E-state index contributed by atoms with van der Waals surface area (Å²) in [6.45, 7) is 14.6. The fourth-order valence-corrected chi connectivity index (χ4v) is 19.6. The summed E-state index contributed by atoms with van der Waals surface area (Å²) in [5.41, 5.74) is 5.02. The molecule has 3 aliphatic carbocycles. The Hall–Kier alpha value is -5.66. The molecule has 4 aliphatic heterocycles. The minimum Gasteiger partial charge on any atom is -0.461 e. The number of nitrogen functional groups attached to an aromatic ring is 1. The Balaban J connectivity index is 0.901. The van der Waals surface area contributed by atoms with Gasteiger partial charge in [0.15, 0.2) is 21.9 Å². The molecular weight excluding hydrogens is 1170 g/mol. The Morgan fingerprint density at radius 1 is 1.02 bits per heavy atom. The average Bonchev–Trinajstić information content (AvgIpc) is 1.38. The van der Waals surface area contributed by atoms with E-state index in [2.05, 4.69) is 59.1 Å². The Morgan fingerprint density at radius 2 is 1.76 bits per heavy atom. The van der Waals surface area contributed by atoms with E-state index in [1.807, 2.05) is 48.4 Å². The van der Waals surface area contributed by atoms with Gasteiger partial charge in [-0.3, -0.25) is 24.1 Å². The monoisotopic (exact) mass is 1240 g/mol. The second-order valence-corrected chi connectivity index (χ2v) is 29.3. The van der Waals surface area contributed by atoms with Crippen LogP contribution >= 0.6 is 58.2 Å². The van der Waals surface area contributed by atoms with E-state index in [0.29, 0.717) is 51.4 Å². The molecule has 1 aromatic carbocycles. The molecule has 3 N–H and O–H groups in total. The van der Waals surface area contributed by atoms with Crippen LogP contribution in [-0.4, -0.2) is 131 Å². The number of thioether (sulfide) groups is 3. The summed E-state index contributed by atoms with van der Waals surface area (Å²) in [5.74, 6) is -3.98. The number of ether oxygens (including phenoxy) is 3. The number of aromatic nitrogens is 4. The van der Waals surface area contributed by atoms with Crippen molar-refractivity contribution >= 4 is 105 Å². The number of β-lactam (4-membered cyclic amide) rings is 1. The number of carbonyl (C=O) groups is 6. The molecule has 0 radical (unpaired) electrons. The second kappa shape index (κ2) is 24.2. The summed E-state index contributed by atoms with van der Waals surface area (Å²) in [6, 6.07) is 12.4. The SMILES string of the molecule is C=C[C@]1(C)C[C@H](OC(=O)CSC2CC3CCC(C2)N3C)[C@@]2(C)C(C)CCC3(CCC(=O)C32)[C@H](C)[C@H]1OC(=O)C(OC(=O)C1=C(Sc2nc(-c3cc[n+](C)cc3)cs2)CSC2[C@H](NC(=O)/C(=N/OCC)c3nsc(N)n3)C(=O)N12)c1ccccc1. The van der Waals surface area contributed by atoms with Crippen molar-refractivity contribution in [3.05, 3.63) is 94.9 Å². The fourth-order valence-electron chi connectivity index (χ4n) is 14.5. The van der Waals surface area contributed by atoms with Crippen molar-refractivity contribution in [1.82, 2.24) is 29.5 Å². The third-order valence-corrected chi connectivity index (χ3v) is 24.6. The average molecular weight is 1240 g/mol. The number of esters is 3. The van der Waals surface area contributed by atoms with Crippen LogP contribution in [0.1, 0.15) is 110 Å². The van der Waals surface area contributed by atoms with Gasteiger partial charge in [-0.2, -0.15) is 9.36 Å². The first kappa shape index (κ1) is 60.0. The van der Waals surface area contributed by atoms with Gasteiger partial charge >= 0.3 is 17.9 Å². The molecule has 2 amide bonds. The lowest BCUT2D eigenvalue weighted by Crippen LogP contribution is -2.71. The molecule has 3 aromatic heterocycles. The van der Waals surface area contributed by atoms with Crippen LogP contribution in [0, 0.1) is 34.0 Å². The number of piperidine rings is 1. The molecule has 7 unspecified atom stereocenters. The highest BCUT2D eigenvalue weighted by atomic mass is 32.2. The van der Waals surface area contributed by atoms with E-state index in [0.717, 1.165) is 42.1 Å². The first-order chi connectivity index (χ1) is 40.3. The first-order valence-corrected chi connectivity index (χ1v) is 33.4. The molecule has 11 rings (SSSR count). The van der Waals surface area contributed by atoms with Gasteiger partial charge in [0, 0.05) is 97.3 Å². The molecule has 24 heteroatoms. The maximum atomic E-state index is 15.6. The smallest absolute Gasteiger partial charge is 0.357 e. The van der Waals surface area contributed by atoms with Gasteiger partial charge in [0.25, 0.3) is 11.8 Å². The molecule has 6 fully saturated rings. The van der Waals surface area contributed by atoms with Gasteiger partial charge in [0.1, 0.15) is 48.8 Å². The van der Waals surface area contributed by atoms with Gasteiger partial charge in [-0.15, -0.1) is 41.4 Å². The van der Waals surface area contributed by atoms with Crippen LogP contribution in [0.4, 0.5) is 5.13 Å². The third-order valence-electron chi connectivity index (χ3n) is 19.3. The van der Waals surface area contributed by atoms with Crippen molar-refractivity contribution in [1.29, 1.82) is 0 Å². The standard InChI is InChI=1S/C60H71N9O10S5/c1-9-58(5)28-42(77-43(71)31-80-38-26-36-16-17-37(27-38)68(36)8)59(6)32(3)18-22-60(23-19-40(70)48(59)60)33(4)49(58)79-55(75)47(35-14-12-11-13-15-35)78-54(74)46-41(83-57-62-39(29-82-57)34-20-24-67(7)25-21-34)30-81-53-45(52(73)69(46)53)63-51(72)44(65-76-10-2)50-64-56(61)84-66-50/h9,11-15,20-21,24-25,29,32-33,36-38,42,45,47-49,53H,1,10,16-19,22-23,26-28,30-31H2,2-8H3,(H2-,61,63,64,66,72)/p+1/b65-44+/t32?,33-,36?,37?,38?,42+,45-,47?,48?,49-,53?,58-,59-,60?/m1/s1. The van der Waals surface area contributed by atoms with Crippen LogP contribution in [0.25, 0.3) is 11.3 Å². The lowest BCUT2D eigenvalue weighted by molar-refractivity contribution is -0.671. The summed E-state index contributed by atoms with van der Waals surface area (Å²) < 4.78 is 26.8. The van der Waals surface area contributed by atoms with Crippen molar-refractivity contribution < 1.29 is 52.4 Å². The number of nitrogens with zero attached hydrogens (tertiary/aromatic N) is 7. The van der Waals surface area contributed by atoms with Crippen LogP contribution in [0.15, 0.2) is 93.0 Å². The fraction of sp³-hybridized carbons (Fsp3) is 0.550. The molecular formula is C60H72N9O10S5+. The zero-order valence-electron chi connectivity index (χ0n) is 48.2. The van der Waals surface area contributed by atoms with E-state index >= 15 is 9.59 Å². The van der Waals surface area contributed by atoms with Gasteiger partial charge in [-0.1, -0.05) is 81.0 Å². The Labute approximate surface area is 510 Å². The highest BCUT2D eigenvalue weighted by molar-refractivity contribution is 8.07. The number of pyridine rings is 1. The van der Waals surface area contributed by atoms with Gasteiger partial charge < -0.3 is 35.0 Å². The minimum absolute atomic E-state index is 0.0345. The maximum Gasteiger partial charge on any atom is 0.357 e. The molecule has 19 nitrogen and oxygen atoms in total. The molecule has 13 atom stereocenters. The Kier molecular flexibility index (Phi) is 17.3. The number of hydrogen-bond acceptors (Lipinski definition) is 21. The number of nitrogens with one attached hydrogen (secondary N) is 1. The van der Waals surface area contributed by atoms with E-state index in [1.54, 1.807) is 55.1 Å². The van der Waals surface area contributed by atoms with E-state index < -0.39 is 81.6 Å². The number of fused-ring (bicyclic) bond motifs is 3. The van der Waals surface area contributed by atoms with Crippen LogP contribution < -0.4 is 15.6 Å². The third kappa shape index (κ3) is 11.1. The molecule has 7 heterocycles. The predicted molar refractivity (Wildman–Crippen MR) is 323 cm³/mol. The molecule has 446 valence electrons. The van der Waals surface area contributed by atoms with E-state index in [1.165, 1.54) is 52.6 Å². The zero-order chi connectivity index (χ0) is 59.4. The first-order valence-electron chi connectivity index (χ1n) is 28.8. The van der Waals surface area contributed by atoms with Crippen LogP contribution in [0.2, 0.25) is 0 Å². The van der Waals surface area contributed by atoms with Crippen molar-refractivity contribution in [2.75, 3.05) is 30.9 Å². The number of aryl methyl sites for hydroxylation is 1. The summed E-state index contributed by atoms with van der Waals surface area (Å²) >= 11 is 6.45. The van der Waals surface area contributed by atoms with Crippen molar-refractivity contribution in [3.63, 3.8) is 0 Å². The normalized spacial score (nSPS) is 32.3. The number of amides is 2. The zero-order valence-corrected chi connectivity index (χ0v) is 52.3. The number of oxime groups is 1. The number of rotatable bonds is 18. The van der Waals surface area contributed by atoms with Crippen molar-refractivity contribution in [3.8, 4) is 11.3 Å². The topological polar surface area (TPSA) is 239 Å². The number of hydrogen-bond donors (Lipinski definition) is 2. The molecule has 0 spiro atoms. The number of carbonyl (C=O) groups excluding carboxylic acids is 6. The number of Topliss-reactive ketones (excluding diaryl/α,β-unsaturated/α-hetero) is 1. The summed E-state index contributed by atoms with van der Waals surface area (Å²) in [6.07, 6.45) is 9.40. The lowest BCUT2D eigenvalue weighted by Gasteiger charge is -2.62. The second-order valence-electron chi connectivity index (χ2n) is 23.9. The maximum absolute atomic E-state index is 15.6. The number of nitrogens with two attached hydrogens (primary N) is 1. The highest BCUT2D eigenvalue weighted by Crippen LogP contribution is 2.68. The largest absolute Gasteiger partial charge is 0.461 e. The lowest BCUT2D eigenvalue weighted by atomic mass is 9.44. The molecule has 4 aromatic rings. The van der Waals surface area contributed by atoms with Crippen LogP contribution in [-0.2, 0) is 54.9 Å². The molecule has 4 bridgehead atoms. The number of thiazole rings is 1. The van der Waals surface area contributed by atoms with Crippen LogP contribution in [0.5, 0.6) is 0 Å². The molecule has 3 saturated heterocycles. The van der Waals surface area contributed by atoms with Crippen LogP contribution in [0.3, 0.4) is 0 Å². The molecule has 3 saturated carbocycles. The van der Waals surface area contributed by atoms with E-state index in [9.17, 15) is 19.2 Å². The van der Waals surface area contributed by atoms with E-state index in [-0.39, 0.29) is 64.6 Å². The van der Waals surface area contributed by atoms with E-state index in [4.69, 9.17) is 29.8 Å². The summed E-state index contributed by atoms with van der Waals surface area (Å²) in [4.78, 5) is 107. The van der Waals surface area contributed by atoms with Gasteiger partial charge in [0.05, 0.1) is 11.4 Å². The quantitative estimate of drug-likeness (QED) is 0.0181. The Bertz CT molecular complexity index is 3270. The number of anilines is 1. The molecule has 7 aliphatic rings.